The van der Waals surface area contributed by atoms with Gasteiger partial charge in [-0.3, -0.25) is 24.7 Å². The average molecular weight is 473 g/mol. The van der Waals surface area contributed by atoms with Crippen LogP contribution in [-0.2, 0) is 4.74 Å². The lowest BCUT2D eigenvalue weighted by Crippen LogP contribution is -2.43. The van der Waals surface area contributed by atoms with E-state index in [1.54, 1.807) is 35.7 Å². The average Bonchev–Trinajstić information content (AvgIpc) is 3.22. The molecule has 4 rings (SSSR count). The first kappa shape index (κ1) is 22.7. The van der Waals surface area contributed by atoms with Crippen molar-refractivity contribution in [3.8, 4) is 0 Å². The van der Waals surface area contributed by atoms with Crippen molar-refractivity contribution in [3.63, 3.8) is 0 Å². The molecule has 32 heavy (non-hydrogen) atoms. The van der Waals surface area contributed by atoms with Gasteiger partial charge in [-0.15, -0.1) is 11.8 Å². The van der Waals surface area contributed by atoms with Crippen molar-refractivity contribution >= 4 is 50.0 Å². The molecule has 0 aliphatic carbocycles. The number of anilines is 1. The molecule has 1 fully saturated rings. The zero-order valence-corrected chi connectivity index (χ0v) is 19.6. The number of nitro benzene ring substituents is 1. The van der Waals surface area contributed by atoms with E-state index >= 15 is 0 Å². The van der Waals surface area contributed by atoms with Gasteiger partial charge in [-0.25, -0.2) is 4.98 Å². The Hall–Kier alpha value is -2.53. The molecular formula is C22H24N4O4S2. The molecule has 0 atom stereocenters. The van der Waals surface area contributed by atoms with Gasteiger partial charge in [0.1, 0.15) is 0 Å². The Balaban J connectivity index is 1.69. The van der Waals surface area contributed by atoms with Crippen LogP contribution in [0.2, 0.25) is 0 Å². The van der Waals surface area contributed by atoms with E-state index in [1.807, 2.05) is 18.4 Å². The van der Waals surface area contributed by atoms with E-state index in [1.165, 1.54) is 17.4 Å². The summed E-state index contributed by atoms with van der Waals surface area (Å²) in [6.07, 6.45) is 2.02. The minimum absolute atomic E-state index is 0.0575. The summed E-state index contributed by atoms with van der Waals surface area (Å²) >= 11 is 3.12. The number of ether oxygens (including phenoxy) is 1. The molecule has 8 nitrogen and oxygen atoms in total. The third kappa shape index (κ3) is 4.78. The van der Waals surface area contributed by atoms with Crippen molar-refractivity contribution in [2.75, 3.05) is 50.5 Å². The first-order valence-electron chi connectivity index (χ1n) is 10.3. The van der Waals surface area contributed by atoms with Crippen molar-refractivity contribution in [1.29, 1.82) is 0 Å². The van der Waals surface area contributed by atoms with E-state index in [-0.39, 0.29) is 11.6 Å². The summed E-state index contributed by atoms with van der Waals surface area (Å²) in [4.78, 5) is 34.3. The predicted molar refractivity (Wildman–Crippen MR) is 128 cm³/mol. The standard InChI is InChI=1S/C22H24N4O4S2/c1-15-17(4-3-5-19(15)26(28)29)21(27)25(9-8-24-10-12-30-13-11-24)22-23-18-7-6-16(31-2)14-20(18)32-22/h3-7,14H,8-13H2,1-2H3. The van der Waals surface area contributed by atoms with Gasteiger partial charge >= 0.3 is 0 Å². The first-order chi connectivity index (χ1) is 15.5. The quantitative estimate of drug-likeness (QED) is 0.289. The lowest BCUT2D eigenvalue weighted by atomic mass is 10.1. The Morgan fingerprint density at radius 3 is 2.81 bits per heavy atom. The Morgan fingerprint density at radius 1 is 1.31 bits per heavy atom. The summed E-state index contributed by atoms with van der Waals surface area (Å²) in [6, 6.07) is 10.7. The van der Waals surface area contributed by atoms with Crippen LogP contribution in [0, 0.1) is 17.0 Å². The molecular weight excluding hydrogens is 448 g/mol. The molecule has 10 heteroatoms. The van der Waals surface area contributed by atoms with E-state index in [0.29, 0.717) is 42.6 Å². The molecule has 0 bridgehead atoms. The lowest BCUT2D eigenvalue weighted by molar-refractivity contribution is -0.385. The number of amides is 1. The second-order valence-electron chi connectivity index (χ2n) is 7.45. The maximum absolute atomic E-state index is 13.6. The molecule has 2 heterocycles. The summed E-state index contributed by atoms with van der Waals surface area (Å²) < 4.78 is 6.43. The second-order valence-corrected chi connectivity index (χ2v) is 9.34. The van der Waals surface area contributed by atoms with E-state index < -0.39 is 4.92 Å². The number of nitrogens with zero attached hydrogens (tertiary/aromatic N) is 4. The summed E-state index contributed by atoms with van der Waals surface area (Å²) in [5.41, 5.74) is 1.47. The van der Waals surface area contributed by atoms with Gasteiger partial charge in [0.25, 0.3) is 11.6 Å². The maximum atomic E-state index is 13.6. The van der Waals surface area contributed by atoms with Crippen molar-refractivity contribution in [2.24, 2.45) is 0 Å². The minimum Gasteiger partial charge on any atom is -0.379 e. The van der Waals surface area contributed by atoms with E-state index in [2.05, 4.69) is 11.0 Å². The third-order valence-corrected chi connectivity index (χ3v) is 7.30. The maximum Gasteiger partial charge on any atom is 0.273 e. The highest BCUT2D eigenvalue weighted by molar-refractivity contribution is 7.98. The number of carbonyl (C=O) groups is 1. The SMILES string of the molecule is CSc1ccc2nc(N(CCN3CCOCC3)C(=O)c3cccc([N+](=O)[O-])c3C)sc2c1. The Bertz CT molecular complexity index is 1140. The lowest BCUT2D eigenvalue weighted by Gasteiger charge is -2.29. The molecule has 1 aliphatic heterocycles. The van der Waals surface area contributed by atoms with Crippen LogP contribution in [0.25, 0.3) is 10.2 Å². The number of thiazole rings is 1. The highest BCUT2D eigenvalue weighted by Gasteiger charge is 2.26. The highest BCUT2D eigenvalue weighted by Crippen LogP contribution is 2.33. The number of morpholine rings is 1. The molecule has 1 aliphatic rings. The number of nitro groups is 1. The molecule has 0 unspecified atom stereocenters. The zero-order valence-electron chi connectivity index (χ0n) is 17.9. The van der Waals surface area contributed by atoms with Gasteiger partial charge in [0.15, 0.2) is 5.13 Å². The van der Waals surface area contributed by atoms with E-state index in [9.17, 15) is 14.9 Å². The number of hydrogen-bond donors (Lipinski definition) is 0. The smallest absolute Gasteiger partial charge is 0.273 e. The van der Waals surface area contributed by atoms with Gasteiger partial charge in [0.2, 0.25) is 0 Å². The molecule has 1 amide bonds. The Kier molecular flexibility index (Phi) is 7.04. The number of aromatic nitrogens is 1. The van der Waals surface area contributed by atoms with Crippen LogP contribution in [-0.4, -0.2) is 66.4 Å². The normalized spacial score (nSPS) is 14.6. The largest absolute Gasteiger partial charge is 0.379 e. The minimum atomic E-state index is -0.453. The highest BCUT2D eigenvalue weighted by atomic mass is 32.2. The fraction of sp³-hybridized carbons (Fsp3) is 0.364. The van der Waals surface area contributed by atoms with Crippen molar-refractivity contribution in [3.05, 3.63) is 57.6 Å². The fourth-order valence-corrected chi connectivity index (χ4v) is 5.23. The number of carbonyl (C=O) groups excluding carboxylic acids is 1. The van der Waals surface area contributed by atoms with Crippen LogP contribution in [0.3, 0.4) is 0 Å². The molecule has 3 aromatic rings. The predicted octanol–water partition coefficient (Wildman–Crippen LogP) is 4.21. The van der Waals surface area contributed by atoms with Crippen LogP contribution in [0.15, 0.2) is 41.3 Å². The number of rotatable bonds is 7. The van der Waals surface area contributed by atoms with Gasteiger partial charge in [-0.05, 0) is 37.4 Å². The fourth-order valence-electron chi connectivity index (χ4n) is 3.68. The summed E-state index contributed by atoms with van der Waals surface area (Å²) in [7, 11) is 0. The Labute approximate surface area is 194 Å². The van der Waals surface area contributed by atoms with Crippen molar-refractivity contribution < 1.29 is 14.5 Å². The molecule has 168 valence electrons. The van der Waals surface area contributed by atoms with Crippen molar-refractivity contribution in [1.82, 2.24) is 9.88 Å². The Morgan fingerprint density at radius 2 is 2.09 bits per heavy atom. The van der Waals surface area contributed by atoms with Gasteiger partial charge < -0.3 is 4.74 Å². The first-order valence-corrected chi connectivity index (χ1v) is 12.3. The van der Waals surface area contributed by atoms with Crippen LogP contribution in [0.4, 0.5) is 10.8 Å². The van der Waals surface area contributed by atoms with Crippen LogP contribution in [0.1, 0.15) is 15.9 Å². The summed E-state index contributed by atoms with van der Waals surface area (Å²) in [5, 5.41) is 12.0. The molecule has 0 saturated carbocycles. The van der Waals surface area contributed by atoms with Crippen LogP contribution >= 0.6 is 23.1 Å². The second kappa shape index (κ2) is 9.95. The number of hydrogen-bond acceptors (Lipinski definition) is 8. The van der Waals surface area contributed by atoms with Crippen LogP contribution < -0.4 is 4.90 Å². The number of benzene rings is 2. The van der Waals surface area contributed by atoms with Crippen molar-refractivity contribution in [2.45, 2.75) is 11.8 Å². The number of thioether (sulfide) groups is 1. The molecule has 0 radical (unpaired) electrons. The third-order valence-electron chi connectivity index (χ3n) is 5.54. The monoisotopic (exact) mass is 472 g/mol. The molecule has 0 spiro atoms. The van der Waals surface area contributed by atoms with Gasteiger partial charge in [-0.2, -0.15) is 0 Å². The van der Waals surface area contributed by atoms with E-state index in [0.717, 1.165) is 28.2 Å². The molecule has 1 aromatic heterocycles. The van der Waals surface area contributed by atoms with E-state index in [4.69, 9.17) is 9.72 Å². The zero-order chi connectivity index (χ0) is 22.7. The van der Waals surface area contributed by atoms with Crippen LogP contribution in [0.5, 0.6) is 0 Å². The van der Waals surface area contributed by atoms with Gasteiger partial charge in [0.05, 0.1) is 28.4 Å². The molecule has 0 N–H and O–H groups in total. The van der Waals surface area contributed by atoms with Gasteiger partial charge in [-0.1, -0.05) is 17.4 Å². The summed E-state index contributed by atoms with van der Waals surface area (Å²) in [5.74, 6) is -0.274. The topological polar surface area (TPSA) is 88.8 Å². The number of fused-ring (bicyclic) bond motifs is 1. The molecule has 1 saturated heterocycles. The molecule has 2 aromatic carbocycles. The summed E-state index contributed by atoms with van der Waals surface area (Å²) in [6.45, 7) is 5.72. The van der Waals surface area contributed by atoms with Gasteiger partial charge in [0, 0.05) is 48.3 Å².